The van der Waals surface area contributed by atoms with Crippen molar-refractivity contribution < 1.29 is 36.6 Å². The molecular weight excluding hydrogens is 514 g/mol. The van der Waals surface area contributed by atoms with Crippen molar-refractivity contribution >= 4 is 55.7 Å². The van der Waals surface area contributed by atoms with Crippen LogP contribution in [0.2, 0.25) is 0 Å². The van der Waals surface area contributed by atoms with Crippen LogP contribution in [0.15, 0.2) is 51.3 Å². The summed E-state index contributed by atoms with van der Waals surface area (Å²) in [4.78, 5) is 44.7. The van der Waals surface area contributed by atoms with Gasteiger partial charge < -0.3 is 8.92 Å². The SMILES string of the molecule is COc1cc(C=C2C(=O)NC(=O)NC2=O)cc(Br)c1OS(=O)(=O)c1cccc([N+](=O)[O-])c1. The van der Waals surface area contributed by atoms with E-state index in [0.717, 1.165) is 24.3 Å². The maximum atomic E-state index is 12.6. The predicted molar refractivity (Wildman–Crippen MR) is 111 cm³/mol. The van der Waals surface area contributed by atoms with Gasteiger partial charge in [0.05, 0.1) is 16.5 Å². The number of nitrogens with zero attached hydrogens (tertiary/aromatic N) is 1. The Labute approximate surface area is 188 Å². The number of rotatable bonds is 6. The molecule has 0 aliphatic carbocycles. The van der Waals surface area contributed by atoms with E-state index in [2.05, 4.69) is 15.9 Å². The number of ether oxygens (including phenoxy) is 1. The van der Waals surface area contributed by atoms with Crippen LogP contribution < -0.4 is 19.6 Å². The number of carbonyl (C=O) groups excluding carboxylic acids is 3. The van der Waals surface area contributed by atoms with Gasteiger partial charge in [0.2, 0.25) is 0 Å². The molecule has 12 nitrogen and oxygen atoms in total. The molecule has 4 amide bonds. The predicted octanol–water partition coefficient (Wildman–Crippen LogP) is 1.88. The maximum absolute atomic E-state index is 12.6. The molecule has 166 valence electrons. The van der Waals surface area contributed by atoms with E-state index in [1.807, 2.05) is 10.6 Å². The van der Waals surface area contributed by atoms with E-state index in [1.165, 1.54) is 25.3 Å². The number of nitro groups is 1. The van der Waals surface area contributed by atoms with Gasteiger partial charge >= 0.3 is 16.1 Å². The van der Waals surface area contributed by atoms with Crippen molar-refractivity contribution in [1.29, 1.82) is 0 Å². The highest BCUT2D eigenvalue weighted by molar-refractivity contribution is 9.10. The molecule has 0 spiro atoms. The Balaban J connectivity index is 1.99. The lowest BCUT2D eigenvalue weighted by atomic mass is 10.1. The zero-order valence-electron chi connectivity index (χ0n) is 15.9. The van der Waals surface area contributed by atoms with Crippen molar-refractivity contribution in [3.63, 3.8) is 0 Å². The van der Waals surface area contributed by atoms with Crippen molar-refractivity contribution in [3.05, 3.63) is 62.1 Å². The summed E-state index contributed by atoms with van der Waals surface area (Å²) in [5.41, 5.74) is -0.565. The standard InChI is InChI=1S/C18H12BrN3O9S/c1-30-14-7-9(5-12-16(23)20-18(25)21-17(12)24)6-13(19)15(14)31-32(28,29)11-4-2-3-10(8-11)22(26)27/h2-8H,1H3,(H2,20,21,23,24,25). The lowest BCUT2D eigenvalue weighted by Crippen LogP contribution is -2.51. The summed E-state index contributed by atoms with van der Waals surface area (Å²) in [6, 6.07) is 5.96. The molecule has 1 aliphatic heterocycles. The first kappa shape index (κ1) is 22.9. The van der Waals surface area contributed by atoms with Crippen LogP contribution in [0.1, 0.15) is 5.56 Å². The van der Waals surface area contributed by atoms with Gasteiger partial charge in [0, 0.05) is 12.1 Å². The third-order valence-corrected chi connectivity index (χ3v) is 5.82. The van der Waals surface area contributed by atoms with Crippen LogP contribution in [0.25, 0.3) is 6.08 Å². The molecule has 2 aromatic carbocycles. The zero-order valence-corrected chi connectivity index (χ0v) is 18.4. The molecule has 0 atom stereocenters. The second kappa shape index (κ2) is 8.76. The maximum Gasteiger partial charge on any atom is 0.339 e. The van der Waals surface area contributed by atoms with E-state index in [9.17, 15) is 32.9 Å². The van der Waals surface area contributed by atoms with Crippen molar-refractivity contribution in [1.82, 2.24) is 10.6 Å². The largest absolute Gasteiger partial charge is 0.493 e. The number of carbonyl (C=O) groups is 3. The second-order valence-corrected chi connectivity index (χ2v) is 8.52. The number of nitrogens with one attached hydrogen (secondary N) is 2. The zero-order chi connectivity index (χ0) is 23.6. The van der Waals surface area contributed by atoms with Crippen molar-refractivity contribution in [2.45, 2.75) is 4.90 Å². The Hall–Kier alpha value is -3.78. The average molecular weight is 526 g/mol. The third-order valence-electron chi connectivity index (χ3n) is 4.02. The van der Waals surface area contributed by atoms with Gasteiger partial charge in [0.15, 0.2) is 11.5 Å². The number of urea groups is 1. The Morgan fingerprint density at radius 2 is 1.75 bits per heavy atom. The van der Waals surface area contributed by atoms with Crippen LogP contribution in [0.3, 0.4) is 0 Å². The smallest absolute Gasteiger partial charge is 0.339 e. The number of nitro benzene ring substituents is 1. The minimum Gasteiger partial charge on any atom is -0.493 e. The molecular formula is C18H12BrN3O9S. The Bertz CT molecular complexity index is 1280. The molecule has 1 fully saturated rings. The van der Waals surface area contributed by atoms with Gasteiger partial charge in [-0.05, 0) is 45.8 Å². The summed E-state index contributed by atoms with van der Waals surface area (Å²) < 4.78 is 35.7. The van der Waals surface area contributed by atoms with E-state index in [-0.39, 0.29) is 27.1 Å². The lowest BCUT2D eigenvalue weighted by Gasteiger charge is -2.15. The van der Waals surface area contributed by atoms with E-state index in [4.69, 9.17) is 8.92 Å². The van der Waals surface area contributed by atoms with Gasteiger partial charge in [0.25, 0.3) is 17.5 Å². The van der Waals surface area contributed by atoms with Crippen molar-refractivity contribution in [2.75, 3.05) is 7.11 Å². The van der Waals surface area contributed by atoms with Gasteiger partial charge in [-0.1, -0.05) is 6.07 Å². The Kier molecular flexibility index (Phi) is 6.27. The summed E-state index contributed by atoms with van der Waals surface area (Å²) in [5.74, 6) is -2.19. The summed E-state index contributed by atoms with van der Waals surface area (Å²) in [5, 5.41) is 14.8. The average Bonchev–Trinajstić information content (AvgIpc) is 2.72. The van der Waals surface area contributed by atoms with Crippen LogP contribution in [-0.4, -0.2) is 38.3 Å². The number of amides is 4. The fourth-order valence-corrected chi connectivity index (χ4v) is 4.23. The molecule has 32 heavy (non-hydrogen) atoms. The van der Waals surface area contributed by atoms with E-state index < -0.39 is 43.5 Å². The Morgan fingerprint density at radius 1 is 1.09 bits per heavy atom. The van der Waals surface area contributed by atoms with E-state index >= 15 is 0 Å². The fraction of sp³-hybridized carbons (Fsp3) is 0.0556. The minimum absolute atomic E-state index is 0.0745. The van der Waals surface area contributed by atoms with Gasteiger partial charge in [-0.2, -0.15) is 8.42 Å². The van der Waals surface area contributed by atoms with Gasteiger partial charge in [-0.25, -0.2) is 4.79 Å². The number of barbiturate groups is 1. The summed E-state index contributed by atoms with van der Waals surface area (Å²) >= 11 is 3.14. The first-order valence-corrected chi connectivity index (χ1v) is 10.7. The molecule has 1 aliphatic rings. The molecule has 0 aromatic heterocycles. The topological polar surface area (TPSA) is 171 Å². The number of hydrogen-bond donors (Lipinski definition) is 2. The molecule has 0 saturated carbocycles. The summed E-state index contributed by atoms with van der Waals surface area (Å²) in [6.07, 6.45) is 1.16. The number of methoxy groups -OCH3 is 1. The molecule has 0 unspecified atom stereocenters. The van der Waals surface area contributed by atoms with Crippen LogP contribution in [-0.2, 0) is 19.7 Å². The van der Waals surface area contributed by atoms with Crippen molar-refractivity contribution in [2.24, 2.45) is 0 Å². The third kappa shape index (κ3) is 4.76. The quantitative estimate of drug-likeness (QED) is 0.188. The van der Waals surface area contributed by atoms with Crippen LogP contribution in [0, 0.1) is 10.1 Å². The monoisotopic (exact) mass is 525 g/mol. The number of benzene rings is 2. The normalized spacial score (nSPS) is 13.8. The van der Waals surface area contributed by atoms with Crippen LogP contribution >= 0.6 is 15.9 Å². The van der Waals surface area contributed by atoms with Crippen molar-refractivity contribution in [3.8, 4) is 11.5 Å². The number of hydrogen-bond acceptors (Lipinski definition) is 9. The minimum atomic E-state index is -4.48. The summed E-state index contributed by atoms with van der Waals surface area (Å²) in [7, 11) is -3.26. The fourth-order valence-electron chi connectivity index (χ4n) is 2.59. The van der Waals surface area contributed by atoms with Crippen LogP contribution in [0.4, 0.5) is 10.5 Å². The van der Waals surface area contributed by atoms with Gasteiger partial charge in [-0.3, -0.25) is 30.3 Å². The molecule has 2 N–H and O–H groups in total. The summed E-state index contributed by atoms with van der Waals surface area (Å²) in [6.45, 7) is 0. The van der Waals surface area contributed by atoms with Crippen LogP contribution in [0.5, 0.6) is 11.5 Å². The molecule has 3 rings (SSSR count). The van der Waals surface area contributed by atoms with Gasteiger partial charge in [0.1, 0.15) is 10.5 Å². The molecule has 0 radical (unpaired) electrons. The molecule has 14 heteroatoms. The number of non-ortho nitro benzene ring substituents is 1. The number of imide groups is 2. The number of halogens is 1. The molecule has 1 heterocycles. The second-order valence-electron chi connectivity index (χ2n) is 6.12. The van der Waals surface area contributed by atoms with E-state index in [1.54, 1.807) is 0 Å². The molecule has 2 aromatic rings. The highest BCUT2D eigenvalue weighted by Crippen LogP contribution is 2.39. The Morgan fingerprint density at radius 3 is 2.34 bits per heavy atom. The first-order chi connectivity index (χ1) is 15.0. The van der Waals surface area contributed by atoms with Gasteiger partial charge in [-0.15, -0.1) is 0 Å². The molecule has 0 bridgehead atoms. The van der Waals surface area contributed by atoms with E-state index in [0.29, 0.717) is 0 Å². The molecule has 1 saturated heterocycles. The first-order valence-electron chi connectivity index (χ1n) is 8.46. The lowest BCUT2D eigenvalue weighted by molar-refractivity contribution is -0.385. The highest BCUT2D eigenvalue weighted by atomic mass is 79.9. The highest BCUT2D eigenvalue weighted by Gasteiger charge is 2.28.